The molecule has 1 fully saturated rings. The predicted molar refractivity (Wildman–Crippen MR) is 28.2 cm³/mol. The van der Waals surface area contributed by atoms with E-state index < -0.39 is 7.75 Å². The molecule has 1 aliphatic rings. The lowest BCUT2D eigenvalue weighted by Gasteiger charge is -2.01. The van der Waals surface area contributed by atoms with Crippen molar-refractivity contribution in [2.24, 2.45) is 0 Å². The van der Waals surface area contributed by atoms with E-state index in [2.05, 4.69) is 5.09 Å². The van der Waals surface area contributed by atoms with Crippen molar-refractivity contribution in [2.45, 2.75) is 18.9 Å². The van der Waals surface area contributed by atoms with Crippen LogP contribution < -0.4 is 5.09 Å². The Balaban J connectivity index is 2.26. The van der Waals surface area contributed by atoms with Gasteiger partial charge in [0.25, 0.3) is 0 Å². The molecule has 0 spiro atoms. The summed E-state index contributed by atoms with van der Waals surface area (Å²) in [7, 11) is -3.91. The Bertz CT molecular complexity index is 126. The molecule has 0 radical (unpaired) electrons. The Morgan fingerprint density at radius 1 is 1.50 bits per heavy atom. The van der Waals surface area contributed by atoms with Crippen LogP contribution in [0, 0.1) is 0 Å². The van der Waals surface area contributed by atoms with Gasteiger partial charge in [0.2, 0.25) is 0 Å². The van der Waals surface area contributed by atoms with Crippen LogP contribution in [0.5, 0.6) is 0 Å². The Hall–Kier alpha value is 0.110. The molecule has 1 rings (SSSR count). The van der Waals surface area contributed by atoms with Gasteiger partial charge >= 0.3 is 7.75 Å². The van der Waals surface area contributed by atoms with Crippen molar-refractivity contribution in [3.8, 4) is 0 Å². The van der Waals surface area contributed by atoms with Crippen LogP contribution in [-0.4, -0.2) is 15.8 Å². The highest BCUT2D eigenvalue weighted by Gasteiger charge is 2.28. The minimum atomic E-state index is -3.91. The highest BCUT2D eigenvalue weighted by molar-refractivity contribution is 7.49. The van der Waals surface area contributed by atoms with E-state index in [1.165, 1.54) is 0 Å². The van der Waals surface area contributed by atoms with Crippen molar-refractivity contribution >= 4 is 7.75 Å². The lowest BCUT2D eigenvalue weighted by atomic mass is 10.8. The summed E-state index contributed by atoms with van der Waals surface area (Å²) in [5.41, 5.74) is 0. The molecule has 0 amide bonds. The van der Waals surface area contributed by atoms with Gasteiger partial charge in [0.1, 0.15) is 0 Å². The Morgan fingerprint density at radius 2 is 2.00 bits per heavy atom. The first kappa shape index (κ1) is 6.23. The molecule has 48 valence electrons. The maximum Gasteiger partial charge on any atom is 0.400 e. The summed E-state index contributed by atoms with van der Waals surface area (Å²) < 4.78 is 10.1. The average Bonchev–Trinajstić information content (AvgIpc) is 2.12. The summed E-state index contributed by atoms with van der Waals surface area (Å²) in [5, 5.41) is 2.16. The minimum absolute atomic E-state index is 0.0795. The molecule has 5 heteroatoms. The average molecular weight is 137 g/mol. The minimum Gasteiger partial charge on any atom is -0.313 e. The molecule has 0 saturated heterocycles. The van der Waals surface area contributed by atoms with Crippen LogP contribution in [0.1, 0.15) is 12.8 Å². The summed E-state index contributed by atoms with van der Waals surface area (Å²) in [6, 6.07) is 0.0795. The predicted octanol–water partition coefficient (Wildman–Crippen LogP) is -0.169. The maximum atomic E-state index is 10.1. The third kappa shape index (κ3) is 2.43. The van der Waals surface area contributed by atoms with Crippen LogP contribution in [0.2, 0.25) is 0 Å². The molecule has 0 heterocycles. The fourth-order valence-electron chi connectivity index (χ4n) is 0.450. The van der Waals surface area contributed by atoms with Gasteiger partial charge in [0.15, 0.2) is 0 Å². The van der Waals surface area contributed by atoms with Gasteiger partial charge < -0.3 is 9.79 Å². The van der Waals surface area contributed by atoms with Crippen LogP contribution in [0.25, 0.3) is 0 Å². The van der Waals surface area contributed by atoms with Crippen LogP contribution in [0.3, 0.4) is 0 Å². The molecular weight excluding hydrogens is 129 g/mol. The first-order chi connectivity index (χ1) is 3.58. The zero-order chi connectivity index (χ0) is 6.20. The zero-order valence-electron chi connectivity index (χ0n) is 4.24. The highest BCUT2D eigenvalue weighted by Crippen LogP contribution is 2.35. The van der Waals surface area contributed by atoms with Gasteiger partial charge in [-0.05, 0) is 12.8 Å². The number of nitrogens with one attached hydrogen (secondary N) is 1. The molecule has 1 saturated carbocycles. The van der Waals surface area contributed by atoms with E-state index in [0.29, 0.717) is 0 Å². The molecule has 0 atom stereocenters. The third-order valence-electron chi connectivity index (χ3n) is 0.928. The van der Waals surface area contributed by atoms with E-state index in [1.807, 2.05) is 0 Å². The first-order valence-corrected chi connectivity index (χ1v) is 4.02. The van der Waals surface area contributed by atoms with Crippen molar-refractivity contribution in [3.05, 3.63) is 0 Å². The summed E-state index contributed by atoms with van der Waals surface area (Å²) in [6.45, 7) is 0. The zero-order valence-corrected chi connectivity index (χ0v) is 5.14. The van der Waals surface area contributed by atoms with E-state index in [-0.39, 0.29) is 6.04 Å². The van der Waals surface area contributed by atoms with Crippen molar-refractivity contribution < 1.29 is 14.4 Å². The molecule has 0 bridgehead atoms. The van der Waals surface area contributed by atoms with Crippen LogP contribution in [0.4, 0.5) is 0 Å². The van der Waals surface area contributed by atoms with E-state index in [0.717, 1.165) is 12.8 Å². The number of hydrogen-bond donors (Lipinski definition) is 3. The van der Waals surface area contributed by atoms with Crippen LogP contribution in [0.15, 0.2) is 0 Å². The van der Waals surface area contributed by atoms with Crippen LogP contribution >= 0.6 is 7.75 Å². The molecule has 3 N–H and O–H groups in total. The van der Waals surface area contributed by atoms with E-state index >= 15 is 0 Å². The monoisotopic (exact) mass is 137 g/mol. The molecule has 1 aliphatic carbocycles. The number of rotatable bonds is 2. The molecular formula is C3H8NO3P. The number of hydrogen-bond acceptors (Lipinski definition) is 1. The van der Waals surface area contributed by atoms with Crippen molar-refractivity contribution in [1.29, 1.82) is 0 Å². The van der Waals surface area contributed by atoms with E-state index in [1.54, 1.807) is 0 Å². The fraction of sp³-hybridized carbons (Fsp3) is 1.00. The summed E-state index contributed by atoms with van der Waals surface area (Å²) in [6.07, 6.45) is 1.79. The van der Waals surface area contributed by atoms with Crippen molar-refractivity contribution in [1.82, 2.24) is 5.09 Å². The standard InChI is InChI=1S/C3H8NO3P/c5-8(6,7)4-3-1-2-3/h3H,1-2H2,(H3,4,5,6,7). The largest absolute Gasteiger partial charge is 0.400 e. The van der Waals surface area contributed by atoms with Gasteiger partial charge in [-0.25, -0.2) is 9.65 Å². The van der Waals surface area contributed by atoms with Crippen molar-refractivity contribution in [2.75, 3.05) is 0 Å². The molecule has 0 aromatic carbocycles. The van der Waals surface area contributed by atoms with Gasteiger partial charge in [0, 0.05) is 6.04 Å². The first-order valence-electron chi connectivity index (χ1n) is 2.41. The van der Waals surface area contributed by atoms with Gasteiger partial charge in [-0.15, -0.1) is 0 Å². The maximum absolute atomic E-state index is 10.1. The Labute approximate surface area is 47.1 Å². The second kappa shape index (κ2) is 1.81. The smallest absolute Gasteiger partial charge is 0.313 e. The summed E-state index contributed by atoms with van der Waals surface area (Å²) in [5.74, 6) is 0. The molecule has 0 aromatic rings. The van der Waals surface area contributed by atoms with Crippen molar-refractivity contribution in [3.63, 3.8) is 0 Å². The fourth-order valence-corrected chi connectivity index (χ4v) is 1.18. The topological polar surface area (TPSA) is 69.6 Å². The van der Waals surface area contributed by atoms with E-state index in [4.69, 9.17) is 9.79 Å². The Morgan fingerprint density at radius 3 is 2.12 bits per heavy atom. The second-order valence-electron chi connectivity index (χ2n) is 1.95. The molecule has 8 heavy (non-hydrogen) atoms. The third-order valence-corrected chi connectivity index (χ3v) is 1.63. The Kier molecular flexibility index (Phi) is 1.41. The SMILES string of the molecule is O=P(O)(O)NC1CC1. The highest BCUT2D eigenvalue weighted by atomic mass is 31.2. The van der Waals surface area contributed by atoms with Gasteiger partial charge in [-0.2, -0.15) is 0 Å². The molecule has 4 nitrogen and oxygen atoms in total. The quantitative estimate of drug-likeness (QED) is 0.462. The molecule has 0 aliphatic heterocycles. The lowest BCUT2D eigenvalue weighted by Crippen LogP contribution is -2.11. The second-order valence-corrected chi connectivity index (χ2v) is 3.29. The van der Waals surface area contributed by atoms with Gasteiger partial charge in [0.05, 0.1) is 0 Å². The van der Waals surface area contributed by atoms with E-state index in [9.17, 15) is 4.57 Å². The van der Waals surface area contributed by atoms with Gasteiger partial charge in [-0.1, -0.05) is 0 Å². The lowest BCUT2D eigenvalue weighted by molar-refractivity contribution is 0.356. The summed E-state index contributed by atoms with van der Waals surface area (Å²) in [4.78, 5) is 16.5. The summed E-state index contributed by atoms with van der Waals surface area (Å²) >= 11 is 0. The van der Waals surface area contributed by atoms with Gasteiger partial charge in [-0.3, -0.25) is 0 Å². The molecule has 0 unspecified atom stereocenters. The normalized spacial score (nSPS) is 21.2. The van der Waals surface area contributed by atoms with Crippen LogP contribution in [-0.2, 0) is 4.57 Å². The molecule has 0 aromatic heterocycles.